The molecule has 0 radical (unpaired) electrons. The van der Waals surface area contributed by atoms with Gasteiger partial charge in [-0.2, -0.15) is 18.3 Å². The highest BCUT2D eigenvalue weighted by Gasteiger charge is 2.35. The Labute approximate surface area is 163 Å². The first kappa shape index (κ1) is 20.2. The van der Waals surface area contributed by atoms with Gasteiger partial charge in [0.15, 0.2) is 5.69 Å². The molecule has 150 valence electrons. The number of hydrogen-bond donors (Lipinski definition) is 0. The third-order valence-electron chi connectivity index (χ3n) is 4.71. The summed E-state index contributed by atoms with van der Waals surface area (Å²) >= 11 is 1.42. The van der Waals surface area contributed by atoms with Gasteiger partial charge in [-0.15, -0.1) is 11.3 Å². The Hall–Kier alpha value is -2.49. The molecule has 3 heterocycles. The van der Waals surface area contributed by atoms with Crippen molar-refractivity contribution in [3.8, 4) is 0 Å². The molecule has 0 atom stereocenters. The molecule has 1 aliphatic rings. The van der Waals surface area contributed by atoms with Gasteiger partial charge in [0.25, 0.3) is 0 Å². The van der Waals surface area contributed by atoms with Crippen LogP contribution < -0.4 is 0 Å². The van der Waals surface area contributed by atoms with Gasteiger partial charge in [0, 0.05) is 30.1 Å². The van der Waals surface area contributed by atoms with Crippen LogP contribution in [0.25, 0.3) is 0 Å². The fourth-order valence-electron chi connectivity index (χ4n) is 3.11. The van der Waals surface area contributed by atoms with Gasteiger partial charge in [-0.05, 0) is 31.9 Å². The minimum absolute atomic E-state index is 0.156. The zero-order chi connectivity index (χ0) is 20.5. The Morgan fingerprint density at radius 2 is 2.04 bits per heavy atom. The van der Waals surface area contributed by atoms with E-state index < -0.39 is 11.9 Å². The lowest BCUT2D eigenvalue weighted by molar-refractivity contribution is -0.142. The molecule has 0 aliphatic carbocycles. The van der Waals surface area contributed by atoms with Crippen molar-refractivity contribution in [2.45, 2.75) is 38.4 Å². The van der Waals surface area contributed by atoms with Gasteiger partial charge in [0.05, 0.1) is 5.01 Å². The number of hydrogen-bond acceptors (Lipinski definition) is 5. The smallest absolute Gasteiger partial charge is 0.341 e. The number of allylic oxidation sites excluding steroid dienone is 1. The van der Waals surface area contributed by atoms with E-state index in [0.29, 0.717) is 31.6 Å². The van der Waals surface area contributed by atoms with E-state index in [-0.39, 0.29) is 29.8 Å². The second kappa shape index (κ2) is 7.86. The van der Waals surface area contributed by atoms with Gasteiger partial charge in [0.1, 0.15) is 12.2 Å². The number of alkyl halides is 3. The van der Waals surface area contributed by atoms with Crippen LogP contribution in [-0.2, 0) is 17.5 Å². The van der Waals surface area contributed by atoms with Crippen molar-refractivity contribution in [1.82, 2.24) is 19.7 Å². The standard InChI is InChI=1S/C18H19F3N4O2S/c1-3-14(26)13-10-28-17(22-13)12-4-6-24(7-5-12)16(27)9-25-11(2)8-15(23-25)18(19,20)21/h3,8,10,12H,1,4-7,9H2,2H3. The van der Waals surface area contributed by atoms with Crippen LogP contribution in [0.3, 0.4) is 0 Å². The van der Waals surface area contributed by atoms with Gasteiger partial charge in [0.2, 0.25) is 11.7 Å². The number of thiazole rings is 1. The third-order valence-corrected chi connectivity index (χ3v) is 5.72. The van der Waals surface area contributed by atoms with Crippen molar-refractivity contribution in [3.05, 3.63) is 46.2 Å². The molecule has 0 aromatic carbocycles. The van der Waals surface area contributed by atoms with E-state index in [1.807, 2.05) is 0 Å². The summed E-state index contributed by atoms with van der Waals surface area (Å²) in [4.78, 5) is 30.1. The normalized spacial score (nSPS) is 15.6. The van der Waals surface area contributed by atoms with E-state index >= 15 is 0 Å². The number of nitrogens with zero attached hydrogens (tertiary/aromatic N) is 4. The van der Waals surface area contributed by atoms with Gasteiger partial charge >= 0.3 is 6.18 Å². The molecule has 0 saturated carbocycles. The molecule has 1 saturated heterocycles. The maximum atomic E-state index is 12.7. The SMILES string of the molecule is C=CC(=O)c1csc(C2CCN(C(=O)Cn3nc(C(F)(F)F)cc3C)CC2)n1. The Morgan fingerprint density at radius 1 is 1.36 bits per heavy atom. The van der Waals surface area contributed by atoms with Gasteiger partial charge in [-0.3, -0.25) is 14.3 Å². The molecule has 1 aliphatic heterocycles. The summed E-state index contributed by atoms with van der Waals surface area (Å²) in [6.45, 7) is 5.69. The number of halogens is 3. The predicted octanol–water partition coefficient (Wildman–Crippen LogP) is 3.44. The van der Waals surface area contributed by atoms with E-state index in [4.69, 9.17) is 0 Å². The summed E-state index contributed by atoms with van der Waals surface area (Å²) in [7, 11) is 0. The van der Waals surface area contributed by atoms with E-state index in [1.165, 1.54) is 24.3 Å². The fourth-order valence-corrected chi connectivity index (χ4v) is 4.09. The van der Waals surface area contributed by atoms with Gasteiger partial charge in [-0.1, -0.05) is 6.58 Å². The minimum Gasteiger partial charge on any atom is -0.341 e. The summed E-state index contributed by atoms with van der Waals surface area (Å²) in [5, 5.41) is 6.06. The number of carbonyl (C=O) groups excluding carboxylic acids is 2. The van der Waals surface area contributed by atoms with Crippen molar-refractivity contribution in [1.29, 1.82) is 0 Å². The topological polar surface area (TPSA) is 68.1 Å². The molecule has 0 bridgehead atoms. The summed E-state index contributed by atoms with van der Waals surface area (Å²) in [5.74, 6) is -0.327. The molecule has 10 heteroatoms. The van der Waals surface area contributed by atoms with Crippen LogP contribution in [0.1, 0.15) is 45.6 Å². The lowest BCUT2D eigenvalue weighted by atomic mass is 9.97. The molecule has 2 aromatic heterocycles. The number of aryl methyl sites for hydroxylation is 1. The zero-order valence-corrected chi connectivity index (χ0v) is 16.0. The number of carbonyl (C=O) groups is 2. The van der Waals surface area contributed by atoms with Crippen LogP contribution >= 0.6 is 11.3 Å². The average molecular weight is 412 g/mol. The Morgan fingerprint density at radius 3 is 2.61 bits per heavy atom. The maximum absolute atomic E-state index is 12.7. The summed E-state index contributed by atoms with van der Waals surface area (Å²) in [6.07, 6.45) is -1.93. The second-order valence-electron chi connectivity index (χ2n) is 6.62. The third kappa shape index (κ3) is 4.32. The van der Waals surface area contributed by atoms with Crippen LogP contribution in [0.15, 0.2) is 24.1 Å². The summed E-state index contributed by atoms with van der Waals surface area (Å²) in [6, 6.07) is 0.935. The Kier molecular flexibility index (Phi) is 5.69. The second-order valence-corrected chi connectivity index (χ2v) is 7.51. The molecular weight excluding hydrogens is 393 g/mol. The number of rotatable bonds is 5. The maximum Gasteiger partial charge on any atom is 0.435 e. The number of amides is 1. The molecule has 1 fully saturated rings. The molecule has 0 unspecified atom stereocenters. The van der Waals surface area contributed by atoms with Crippen molar-refractivity contribution in [2.75, 3.05) is 13.1 Å². The lowest BCUT2D eigenvalue weighted by Crippen LogP contribution is -2.40. The van der Waals surface area contributed by atoms with Gasteiger partial charge < -0.3 is 4.90 Å². The average Bonchev–Trinajstić information content (AvgIpc) is 3.28. The number of likely N-dealkylation sites (tertiary alicyclic amines) is 1. The van der Waals surface area contributed by atoms with Crippen LogP contribution in [0.5, 0.6) is 0 Å². The highest BCUT2D eigenvalue weighted by molar-refractivity contribution is 7.10. The van der Waals surface area contributed by atoms with Crippen molar-refractivity contribution in [2.24, 2.45) is 0 Å². The molecule has 6 nitrogen and oxygen atoms in total. The lowest BCUT2D eigenvalue weighted by Gasteiger charge is -2.31. The summed E-state index contributed by atoms with van der Waals surface area (Å²) < 4.78 is 39.3. The number of ketones is 1. The zero-order valence-electron chi connectivity index (χ0n) is 15.2. The number of aromatic nitrogens is 3. The molecular formula is C18H19F3N4O2S. The largest absolute Gasteiger partial charge is 0.435 e. The quantitative estimate of drug-likeness (QED) is 0.557. The Bertz CT molecular complexity index is 895. The first-order valence-electron chi connectivity index (χ1n) is 8.70. The number of piperidine rings is 1. The highest BCUT2D eigenvalue weighted by Crippen LogP contribution is 2.31. The van der Waals surface area contributed by atoms with Crippen LogP contribution in [-0.4, -0.2) is 44.4 Å². The van der Waals surface area contributed by atoms with Crippen LogP contribution in [0.4, 0.5) is 13.2 Å². The molecule has 0 spiro atoms. The van der Waals surface area contributed by atoms with E-state index in [2.05, 4.69) is 16.7 Å². The van der Waals surface area contributed by atoms with Crippen LogP contribution in [0, 0.1) is 6.92 Å². The van der Waals surface area contributed by atoms with Gasteiger partial charge in [-0.25, -0.2) is 4.98 Å². The minimum atomic E-state index is -4.53. The molecule has 3 rings (SSSR count). The summed E-state index contributed by atoms with van der Waals surface area (Å²) in [5.41, 5.74) is -0.328. The predicted molar refractivity (Wildman–Crippen MR) is 97.2 cm³/mol. The van der Waals surface area contributed by atoms with Crippen molar-refractivity contribution in [3.63, 3.8) is 0 Å². The van der Waals surface area contributed by atoms with E-state index in [9.17, 15) is 22.8 Å². The molecule has 28 heavy (non-hydrogen) atoms. The van der Waals surface area contributed by atoms with Crippen LogP contribution in [0.2, 0.25) is 0 Å². The highest BCUT2D eigenvalue weighted by atomic mass is 32.1. The molecule has 0 N–H and O–H groups in total. The first-order chi connectivity index (χ1) is 13.2. The van der Waals surface area contributed by atoms with Crippen molar-refractivity contribution >= 4 is 23.0 Å². The van der Waals surface area contributed by atoms with E-state index in [1.54, 1.807) is 10.3 Å². The fraction of sp³-hybridized carbons (Fsp3) is 0.444. The van der Waals surface area contributed by atoms with E-state index in [0.717, 1.165) is 15.8 Å². The molecule has 1 amide bonds. The molecule has 2 aromatic rings. The Balaban J connectivity index is 1.58. The first-order valence-corrected chi connectivity index (χ1v) is 9.58. The monoisotopic (exact) mass is 412 g/mol. The van der Waals surface area contributed by atoms with Crippen molar-refractivity contribution < 1.29 is 22.8 Å².